The van der Waals surface area contributed by atoms with Crippen LogP contribution in [-0.2, 0) is 12.7 Å². The van der Waals surface area contributed by atoms with Gasteiger partial charge in [-0.25, -0.2) is 4.68 Å². The lowest BCUT2D eigenvalue weighted by Crippen LogP contribution is -2.29. The Morgan fingerprint density at radius 2 is 1.94 bits per heavy atom. The van der Waals surface area contributed by atoms with Crippen LogP contribution in [0.1, 0.15) is 25.1 Å². The minimum absolute atomic E-state index is 0.0236. The predicted molar refractivity (Wildman–Crippen MR) is 54.7 cm³/mol. The summed E-state index contributed by atoms with van der Waals surface area (Å²) in [6, 6.07) is 0. The van der Waals surface area contributed by atoms with Crippen molar-refractivity contribution in [2.45, 2.75) is 33.5 Å². The van der Waals surface area contributed by atoms with Crippen molar-refractivity contribution >= 4 is 0 Å². The maximum atomic E-state index is 12.6. The van der Waals surface area contributed by atoms with Crippen molar-refractivity contribution in [2.75, 3.05) is 0 Å². The van der Waals surface area contributed by atoms with Crippen LogP contribution in [0.4, 0.5) is 13.2 Å². The van der Waals surface area contributed by atoms with Crippen molar-refractivity contribution in [1.82, 2.24) is 9.78 Å². The molecule has 7 heteroatoms. The normalized spacial score (nSPS) is 12.2. The van der Waals surface area contributed by atoms with E-state index in [1.165, 1.54) is 0 Å². The van der Waals surface area contributed by atoms with Crippen molar-refractivity contribution in [3.8, 4) is 5.75 Å². The summed E-state index contributed by atoms with van der Waals surface area (Å²) in [5, 5.41) is 12.6. The fourth-order valence-electron chi connectivity index (χ4n) is 1.37. The Labute approximate surface area is 95.7 Å². The van der Waals surface area contributed by atoms with Crippen molar-refractivity contribution in [2.24, 2.45) is 5.92 Å². The fourth-order valence-corrected chi connectivity index (χ4v) is 1.37. The van der Waals surface area contributed by atoms with Gasteiger partial charge in [0.2, 0.25) is 0 Å². The first-order valence-electron chi connectivity index (χ1n) is 5.02. The molecule has 0 saturated carbocycles. The van der Waals surface area contributed by atoms with Gasteiger partial charge in [0.05, 0.1) is 0 Å². The first kappa shape index (κ1) is 13.5. The predicted octanol–water partition coefficient (Wildman–Crippen LogP) is 1.93. The van der Waals surface area contributed by atoms with Crippen molar-refractivity contribution in [3.63, 3.8) is 0 Å². The second-order valence-corrected chi connectivity index (χ2v) is 4.20. The number of hydrogen-bond acceptors (Lipinski definition) is 3. The van der Waals surface area contributed by atoms with E-state index < -0.39 is 28.7 Å². The average molecular weight is 250 g/mol. The largest absolute Gasteiger partial charge is 0.503 e. The summed E-state index contributed by atoms with van der Waals surface area (Å²) >= 11 is 0. The zero-order valence-corrected chi connectivity index (χ0v) is 9.67. The van der Waals surface area contributed by atoms with Gasteiger partial charge in [0, 0.05) is 12.1 Å². The van der Waals surface area contributed by atoms with Crippen LogP contribution in [0, 0.1) is 12.8 Å². The number of hydrogen-bond donors (Lipinski definition) is 1. The highest BCUT2D eigenvalue weighted by atomic mass is 19.4. The summed E-state index contributed by atoms with van der Waals surface area (Å²) in [5.74, 6) is -0.948. The molecule has 0 aliphatic rings. The lowest BCUT2D eigenvalue weighted by molar-refractivity contribution is -0.143. The maximum Gasteiger partial charge on any atom is 0.435 e. The van der Waals surface area contributed by atoms with E-state index in [-0.39, 0.29) is 12.5 Å². The van der Waals surface area contributed by atoms with Crippen LogP contribution in [0.5, 0.6) is 5.75 Å². The number of alkyl halides is 3. The smallest absolute Gasteiger partial charge is 0.435 e. The van der Waals surface area contributed by atoms with Gasteiger partial charge in [-0.05, 0) is 12.8 Å². The first-order valence-corrected chi connectivity index (χ1v) is 5.02. The fraction of sp³-hybridized carbons (Fsp3) is 0.600. The van der Waals surface area contributed by atoms with Crippen LogP contribution in [0.2, 0.25) is 0 Å². The first-order chi connectivity index (χ1) is 7.64. The summed E-state index contributed by atoms with van der Waals surface area (Å²) in [5.41, 5.74) is -2.66. The summed E-state index contributed by atoms with van der Waals surface area (Å²) in [4.78, 5) is 11.5. The molecule has 17 heavy (non-hydrogen) atoms. The molecule has 1 aromatic rings. The molecule has 0 radical (unpaired) electrons. The van der Waals surface area contributed by atoms with Gasteiger partial charge in [0.25, 0.3) is 0 Å². The second-order valence-electron chi connectivity index (χ2n) is 4.20. The summed E-state index contributed by atoms with van der Waals surface area (Å²) in [6.07, 6.45) is -4.69. The molecule has 0 aromatic carbocycles. The summed E-state index contributed by atoms with van der Waals surface area (Å²) in [7, 11) is 0. The highest BCUT2D eigenvalue weighted by molar-refractivity contribution is 5.32. The van der Waals surface area contributed by atoms with Gasteiger partial charge >= 0.3 is 11.7 Å². The van der Waals surface area contributed by atoms with Crippen LogP contribution in [0.15, 0.2) is 4.79 Å². The van der Waals surface area contributed by atoms with Crippen LogP contribution < -0.4 is 5.56 Å². The quantitative estimate of drug-likeness (QED) is 0.872. The van der Waals surface area contributed by atoms with Crippen LogP contribution in [0.25, 0.3) is 0 Å². The van der Waals surface area contributed by atoms with E-state index in [1.54, 1.807) is 13.8 Å². The Morgan fingerprint density at radius 3 is 2.35 bits per heavy atom. The molecule has 1 heterocycles. The van der Waals surface area contributed by atoms with Crippen molar-refractivity contribution in [1.29, 1.82) is 0 Å². The second kappa shape index (κ2) is 4.38. The maximum absolute atomic E-state index is 12.6. The number of rotatable bonds is 2. The third kappa shape index (κ3) is 2.78. The third-order valence-corrected chi connectivity index (χ3v) is 2.17. The van der Waals surface area contributed by atoms with Crippen molar-refractivity contribution < 1.29 is 18.3 Å². The van der Waals surface area contributed by atoms with Gasteiger partial charge in [-0.15, -0.1) is 0 Å². The van der Waals surface area contributed by atoms with Gasteiger partial charge < -0.3 is 5.11 Å². The van der Waals surface area contributed by atoms with Gasteiger partial charge in [-0.1, -0.05) is 13.8 Å². The van der Waals surface area contributed by atoms with Crippen LogP contribution in [-0.4, -0.2) is 14.9 Å². The number of aromatic hydroxyl groups is 1. The molecule has 1 rings (SSSR count). The molecule has 0 aliphatic heterocycles. The molecule has 0 spiro atoms. The molecule has 0 aliphatic carbocycles. The Balaban J connectivity index is 3.45. The third-order valence-electron chi connectivity index (χ3n) is 2.17. The topological polar surface area (TPSA) is 55.1 Å². The molecule has 0 saturated heterocycles. The minimum atomic E-state index is -4.69. The molecular weight excluding hydrogens is 237 g/mol. The van der Waals surface area contributed by atoms with E-state index >= 15 is 0 Å². The van der Waals surface area contributed by atoms with Gasteiger partial charge in [0.1, 0.15) is 0 Å². The van der Waals surface area contributed by atoms with Gasteiger partial charge in [-0.2, -0.15) is 18.3 Å². The highest BCUT2D eigenvalue weighted by Gasteiger charge is 2.37. The monoisotopic (exact) mass is 250 g/mol. The minimum Gasteiger partial charge on any atom is -0.503 e. The Morgan fingerprint density at radius 1 is 1.41 bits per heavy atom. The molecule has 1 N–H and O–H groups in total. The number of halogens is 3. The Kier molecular flexibility index (Phi) is 3.49. The van der Waals surface area contributed by atoms with E-state index in [0.717, 1.165) is 6.92 Å². The zero-order valence-electron chi connectivity index (χ0n) is 9.67. The van der Waals surface area contributed by atoms with E-state index in [0.29, 0.717) is 4.68 Å². The van der Waals surface area contributed by atoms with Crippen molar-refractivity contribution in [3.05, 3.63) is 21.6 Å². The molecule has 0 fully saturated rings. The van der Waals surface area contributed by atoms with Gasteiger partial charge in [-0.3, -0.25) is 4.79 Å². The molecule has 96 valence electrons. The Bertz CT molecular complexity index is 478. The molecular formula is C10H13F3N2O2. The van der Waals surface area contributed by atoms with E-state index in [9.17, 15) is 23.1 Å². The summed E-state index contributed by atoms with van der Waals surface area (Å²) in [6.45, 7) is 4.51. The molecule has 0 atom stereocenters. The Hall–Kier alpha value is -1.53. The van der Waals surface area contributed by atoms with E-state index in [1.807, 2.05) is 0 Å². The lowest BCUT2D eigenvalue weighted by Gasteiger charge is -2.14. The van der Waals surface area contributed by atoms with E-state index in [4.69, 9.17) is 0 Å². The molecule has 0 unspecified atom stereocenters. The molecule has 1 aromatic heterocycles. The summed E-state index contributed by atoms with van der Waals surface area (Å²) < 4.78 is 38.4. The average Bonchev–Trinajstić information content (AvgIpc) is 2.16. The van der Waals surface area contributed by atoms with Crippen LogP contribution >= 0.6 is 0 Å². The highest BCUT2D eigenvalue weighted by Crippen LogP contribution is 2.31. The standard InChI is InChI=1S/C10H13F3N2O2/c1-5(2)4-15-9(17)7(16)6(3)8(14-15)10(11,12)13/h5,16H,4H2,1-3H3. The molecule has 0 bridgehead atoms. The number of nitrogens with zero attached hydrogens (tertiary/aromatic N) is 2. The zero-order chi connectivity index (χ0) is 13.4. The lowest BCUT2D eigenvalue weighted by atomic mass is 10.2. The molecule has 4 nitrogen and oxygen atoms in total. The van der Waals surface area contributed by atoms with Gasteiger partial charge in [0.15, 0.2) is 11.4 Å². The van der Waals surface area contributed by atoms with Crippen LogP contribution in [0.3, 0.4) is 0 Å². The number of aromatic nitrogens is 2. The SMILES string of the molecule is Cc1c(C(F)(F)F)nn(CC(C)C)c(=O)c1O. The molecule has 0 amide bonds. The van der Waals surface area contributed by atoms with E-state index in [2.05, 4.69) is 5.10 Å².